The molecule has 0 N–H and O–H groups in total. The molecule has 1 saturated carbocycles. The van der Waals surface area contributed by atoms with E-state index in [1.54, 1.807) is 0 Å². The van der Waals surface area contributed by atoms with E-state index >= 15 is 0 Å². The molecule has 2 unspecified atom stereocenters. The average molecular weight is 433 g/mol. The van der Waals surface area contributed by atoms with Crippen LogP contribution in [0.25, 0.3) is 0 Å². The van der Waals surface area contributed by atoms with E-state index in [-0.39, 0.29) is 42.2 Å². The Labute approximate surface area is 187 Å². The van der Waals surface area contributed by atoms with Crippen molar-refractivity contribution >= 4 is 5.78 Å². The molecule has 3 fully saturated rings. The summed E-state index contributed by atoms with van der Waals surface area (Å²) in [5, 5.41) is 0. The molecular formula is C26H40O5. The molecule has 4 aliphatic rings. The van der Waals surface area contributed by atoms with Crippen LogP contribution in [0.3, 0.4) is 0 Å². The second-order valence-electron chi connectivity index (χ2n) is 9.64. The van der Waals surface area contributed by atoms with Crippen molar-refractivity contribution in [2.45, 2.75) is 102 Å². The van der Waals surface area contributed by atoms with Gasteiger partial charge in [-0.05, 0) is 56.9 Å². The first kappa shape index (κ1) is 23.2. The molecule has 0 spiro atoms. The van der Waals surface area contributed by atoms with Gasteiger partial charge in [0.25, 0.3) is 0 Å². The zero-order chi connectivity index (χ0) is 21.5. The summed E-state index contributed by atoms with van der Waals surface area (Å²) < 4.78 is 24.4. The van der Waals surface area contributed by atoms with Crippen LogP contribution in [0.2, 0.25) is 0 Å². The molecule has 6 atom stereocenters. The van der Waals surface area contributed by atoms with Crippen LogP contribution in [0.5, 0.6) is 0 Å². The summed E-state index contributed by atoms with van der Waals surface area (Å²) in [6, 6.07) is 0. The number of unbranched alkanes of at least 4 members (excludes halogenated alkanes) is 2. The van der Waals surface area contributed by atoms with Gasteiger partial charge >= 0.3 is 0 Å². The minimum atomic E-state index is -0.0965. The highest BCUT2D eigenvalue weighted by molar-refractivity contribution is 5.93. The van der Waals surface area contributed by atoms with Crippen LogP contribution in [0.1, 0.15) is 77.6 Å². The maximum absolute atomic E-state index is 12.1. The number of ether oxygens (including phenoxy) is 4. The van der Waals surface area contributed by atoms with Gasteiger partial charge in [-0.15, -0.1) is 0 Å². The maximum Gasteiger partial charge on any atom is 0.157 e. The van der Waals surface area contributed by atoms with E-state index in [0.717, 1.165) is 51.7 Å². The van der Waals surface area contributed by atoms with Gasteiger partial charge in [0.2, 0.25) is 0 Å². The Morgan fingerprint density at radius 2 is 2.10 bits per heavy atom. The normalized spacial score (nSPS) is 34.8. The monoisotopic (exact) mass is 432 g/mol. The summed E-state index contributed by atoms with van der Waals surface area (Å²) >= 11 is 0. The highest BCUT2D eigenvalue weighted by atomic mass is 16.7. The van der Waals surface area contributed by atoms with Gasteiger partial charge in [-0.25, -0.2) is 0 Å². The molecule has 2 saturated heterocycles. The van der Waals surface area contributed by atoms with E-state index in [1.165, 1.54) is 31.3 Å². The topological polar surface area (TPSA) is 54.0 Å². The smallest absolute Gasteiger partial charge is 0.157 e. The van der Waals surface area contributed by atoms with E-state index in [4.69, 9.17) is 18.9 Å². The third kappa shape index (κ3) is 6.50. The van der Waals surface area contributed by atoms with Crippen molar-refractivity contribution in [1.29, 1.82) is 0 Å². The molecule has 5 heteroatoms. The van der Waals surface area contributed by atoms with E-state index < -0.39 is 0 Å². The second-order valence-corrected chi connectivity index (χ2v) is 9.64. The molecule has 0 aromatic carbocycles. The quantitative estimate of drug-likeness (QED) is 0.354. The number of allylic oxidation sites excluding steroid dienone is 1. The van der Waals surface area contributed by atoms with Gasteiger partial charge in [-0.3, -0.25) is 4.79 Å². The van der Waals surface area contributed by atoms with Gasteiger partial charge in [0, 0.05) is 25.6 Å². The summed E-state index contributed by atoms with van der Waals surface area (Å²) in [7, 11) is 0. The minimum absolute atomic E-state index is 0.0954. The lowest BCUT2D eigenvalue weighted by Gasteiger charge is -2.29. The van der Waals surface area contributed by atoms with Gasteiger partial charge in [-0.2, -0.15) is 0 Å². The lowest BCUT2D eigenvalue weighted by molar-refractivity contribution is -0.192. The summed E-state index contributed by atoms with van der Waals surface area (Å²) in [6.07, 6.45) is 18.3. The highest BCUT2D eigenvalue weighted by Crippen LogP contribution is 2.45. The second kappa shape index (κ2) is 11.7. The van der Waals surface area contributed by atoms with Crippen LogP contribution >= 0.6 is 0 Å². The Bertz CT molecular complexity index is 630. The summed E-state index contributed by atoms with van der Waals surface area (Å²) in [4.78, 5) is 12.1. The number of carbonyl (C=O) groups is 1. The molecule has 0 radical (unpaired) electrons. The Balaban J connectivity index is 1.42. The van der Waals surface area contributed by atoms with Gasteiger partial charge in [0.15, 0.2) is 12.1 Å². The summed E-state index contributed by atoms with van der Waals surface area (Å²) in [5.74, 6) is 0.774. The molecule has 4 rings (SSSR count). The zero-order valence-corrected chi connectivity index (χ0v) is 19.1. The zero-order valence-electron chi connectivity index (χ0n) is 19.1. The Hall–Kier alpha value is -1.01. The van der Waals surface area contributed by atoms with Gasteiger partial charge in [-0.1, -0.05) is 43.9 Å². The van der Waals surface area contributed by atoms with Crippen LogP contribution in [0.4, 0.5) is 0 Å². The third-order valence-corrected chi connectivity index (χ3v) is 7.16. The minimum Gasteiger partial charge on any atom is -0.379 e. The first-order valence-electron chi connectivity index (χ1n) is 12.6. The number of hydrogen-bond donors (Lipinski definition) is 0. The standard InChI is InChI=1S/C26H40O5/c1-2-3-4-8-21(30-22-9-7-13-28-18-22)11-12-23-24-17-20(27)15-19(24)16-25(23)31-26-10-5-6-14-29-26/h11-12,15,21-26H,2-10,13-14,16-18H2,1H3/t21?,22-,23+,24+,25+,26?/m0/s1. The molecule has 5 nitrogen and oxygen atoms in total. The van der Waals surface area contributed by atoms with Gasteiger partial charge < -0.3 is 18.9 Å². The first-order valence-corrected chi connectivity index (χ1v) is 12.6. The van der Waals surface area contributed by atoms with Crippen LogP contribution in [-0.4, -0.2) is 50.2 Å². The van der Waals surface area contributed by atoms with E-state index in [0.29, 0.717) is 13.0 Å². The van der Waals surface area contributed by atoms with Crippen LogP contribution in [0, 0.1) is 11.8 Å². The molecule has 31 heavy (non-hydrogen) atoms. The Morgan fingerprint density at radius 3 is 2.87 bits per heavy atom. The number of ketones is 1. The van der Waals surface area contributed by atoms with Crippen molar-refractivity contribution in [1.82, 2.24) is 0 Å². The molecule has 0 aromatic heterocycles. The SMILES string of the molecule is CCCCCC(C=C[C@@H]1[C@@H]2CC(=O)C=C2C[C@H]1OC1CCCCO1)O[C@H]1CCCOC1. The number of carbonyl (C=O) groups excluding carboxylic acids is 1. The Morgan fingerprint density at radius 1 is 1.16 bits per heavy atom. The predicted octanol–water partition coefficient (Wildman–Crippen LogP) is 5.13. The predicted molar refractivity (Wildman–Crippen MR) is 120 cm³/mol. The molecule has 174 valence electrons. The number of rotatable bonds is 10. The van der Waals surface area contributed by atoms with Gasteiger partial charge in [0.1, 0.15) is 0 Å². The first-order chi connectivity index (χ1) is 15.2. The molecule has 2 heterocycles. The van der Waals surface area contributed by atoms with Crippen molar-refractivity contribution in [2.24, 2.45) is 11.8 Å². The van der Waals surface area contributed by atoms with E-state index in [1.807, 2.05) is 6.08 Å². The van der Waals surface area contributed by atoms with Crippen molar-refractivity contribution in [3.05, 3.63) is 23.8 Å². The molecule has 0 aromatic rings. The van der Waals surface area contributed by atoms with E-state index in [2.05, 4.69) is 19.1 Å². The fraction of sp³-hybridized carbons (Fsp3) is 0.808. The number of fused-ring (bicyclic) bond motifs is 1. The van der Waals surface area contributed by atoms with Crippen LogP contribution < -0.4 is 0 Å². The van der Waals surface area contributed by atoms with Crippen molar-refractivity contribution < 1.29 is 23.7 Å². The molecular weight excluding hydrogens is 392 g/mol. The maximum atomic E-state index is 12.1. The van der Waals surface area contributed by atoms with Crippen molar-refractivity contribution in [2.75, 3.05) is 19.8 Å². The molecule has 0 bridgehead atoms. The fourth-order valence-electron chi connectivity index (χ4n) is 5.48. The number of hydrogen-bond acceptors (Lipinski definition) is 5. The highest BCUT2D eigenvalue weighted by Gasteiger charge is 2.43. The van der Waals surface area contributed by atoms with Crippen LogP contribution in [-0.2, 0) is 23.7 Å². The van der Waals surface area contributed by atoms with Gasteiger partial charge in [0.05, 0.1) is 24.9 Å². The molecule has 2 aliphatic carbocycles. The van der Waals surface area contributed by atoms with E-state index in [9.17, 15) is 4.79 Å². The average Bonchev–Trinajstić information content (AvgIpc) is 3.29. The van der Waals surface area contributed by atoms with Crippen molar-refractivity contribution in [3.8, 4) is 0 Å². The Kier molecular flexibility index (Phi) is 8.77. The lowest BCUT2D eigenvalue weighted by atomic mass is 9.91. The molecule has 0 amide bonds. The van der Waals surface area contributed by atoms with Crippen molar-refractivity contribution in [3.63, 3.8) is 0 Å². The molecule has 2 aliphatic heterocycles. The summed E-state index contributed by atoms with van der Waals surface area (Å²) in [5.41, 5.74) is 1.27. The summed E-state index contributed by atoms with van der Waals surface area (Å²) in [6.45, 7) is 4.58. The fourth-order valence-corrected chi connectivity index (χ4v) is 5.48. The largest absolute Gasteiger partial charge is 0.379 e. The van der Waals surface area contributed by atoms with Crippen LogP contribution in [0.15, 0.2) is 23.8 Å². The third-order valence-electron chi connectivity index (χ3n) is 7.16. The lowest BCUT2D eigenvalue weighted by Crippen LogP contribution is -2.31.